The number of fused-ring (bicyclic) bond motifs is 2. The highest BCUT2D eigenvalue weighted by atomic mass is 32.2. The van der Waals surface area contributed by atoms with Crippen molar-refractivity contribution >= 4 is 58.1 Å². The van der Waals surface area contributed by atoms with Crippen LogP contribution in [0.5, 0.6) is 0 Å². The van der Waals surface area contributed by atoms with Crippen LogP contribution in [0.15, 0.2) is 134 Å². The molecule has 0 aromatic heterocycles. The summed E-state index contributed by atoms with van der Waals surface area (Å²) in [5.74, 6) is 1.58. The zero-order valence-electron chi connectivity index (χ0n) is 24.0. The zero-order chi connectivity index (χ0) is 29.8. The van der Waals surface area contributed by atoms with Crippen molar-refractivity contribution in [2.75, 3.05) is 0 Å². The Hall–Kier alpha value is -4.44. The fraction of sp³-hybridized carbons (Fsp3) is 0.0500. The first-order valence-corrected chi connectivity index (χ1v) is 16.0. The summed E-state index contributed by atoms with van der Waals surface area (Å²) in [6.45, 7) is 8.57. The minimum absolute atomic E-state index is 0.707. The quantitative estimate of drug-likeness (QED) is 0.164. The largest absolute Gasteiger partial charge is 0.404 e. The maximum atomic E-state index is 5.53. The van der Waals surface area contributed by atoms with E-state index in [9.17, 15) is 0 Å². The predicted molar refractivity (Wildman–Crippen MR) is 195 cm³/mol. The van der Waals surface area contributed by atoms with Crippen LogP contribution in [0.2, 0.25) is 0 Å². The molecule has 0 atom stereocenters. The number of nitrogens with two attached hydrogens (primary N) is 1. The summed E-state index contributed by atoms with van der Waals surface area (Å²) in [6.07, 6.45) is 5.54. The minimum atomic E-state index is 0.707. The molecule has 0 amide bonds. The Morgan fingerprint density at radius 2 is 1.16 bits per heavy atom. The Bertz CT molecular complexity index is 1980. The van der Waals surface area contributed by atoms with Gasteiger partial charge in [0, 0.05) is 17.7 Å². The molecule has 43 heavy (non-hydrogen) atoms. The molecule has 6 aromatic rings. The topological polar surface area (TPSA) is 26.0 Å². The summed E-state index contributed by atoms with van der Waals surface area (Å²) in [5, 5.41) is 6.77. The second kappa shape index (κ2) is 12.8. The Morgan fingerprint density at radius 1 is 0.605 bits per heavy atom. The molecule has 0 saturated heterocycles. The van der Waals surface area contributed by atoms with E-state index in [1.807, 2.05) is 17.6 Å². The highest BCUT2D eigenvalue weighted by Crippen LogP contribution is 2.44. The van der Waals surface area contributed by atoms with Crippen molar-refractivity contribution < 1.29 is 0 Å². The molecule has 0 radical (unpaired) electrons. The number of hydrogen-bond donors (Lipinski definition) is 2. The van der Waals surface area contributed by atoms with Gasteiger partial charge in [0.25, 0.3) is 0 Å². The summed E-state index contributed by atoms with van der Waals surface area (Å²) < 4.78 is 0. The zero-order valence-corrected chi connectivity index (χ0v) is 25.7. The maximum absolute atomic E-state index is 5.53. The molecule has 0 bridgehead atoms. The second-order valence-electron chi connectivity index (χ2n) is 10.5. The van der Waals surface area contributed by atoms with Crippen molar-refractivity contribution in [3.63, 3.8) is 0 Å². The Labute approximate surface area is 263 Å². The van der Waals surface area contributed by atoms with E-state index in [2.05, 4.69) is 135 Å². The van der Waals surface area contributed by atoms with E-state index in [-0.39, 0.29) is 0 Å². The van der Waals surface area contributed by atoms with Gasteiger partial charge < -0.3 is 5.73 Å². The third kappa shape index (κ3) is 5.67. The predicted octanol–water partition coefficient (Wildman–Crippen LogP) is 11.4. The molecule has 0 unspecified atom stereocenters. The van der Waals surface area contributed by atoms with E-state index in [1.165, 1.54) is 54.9 Å². The van der Waals surface area contributed by atoms with Gasteiger partial charge >= 0.3 is 0 Å². The third-order valence-electron chi connectivity index (χ3n) is 7.97. The maximum Gasteiger partial charge on any atom is 0.0226 e. The highest BCUT2D eigenvalue weighted by Gasteiger charge is 2.19. The average Bonchev–Trinajstić information content (AvgIpc) is 3.07. The summed E-state index contributed by atoms with van der Waals surface area (Å²) >= 11 is 6.16. The van der Waals surface area contributed by atoms with Crippen molar-refractivity contribution in [2.24, 2.45) is 5.73 Å². The molecule has 210 valence electrons. The van der Waals surface area contributed by atoms with Gasteiger partial charge in [-0.25, -0.2) is 0 Å². The lowest BCUT2D eigenvalue weighted by Crippen LogP contribution is -1.97. The number of thiol groups is 1. The van der Waals surface area contributed by atoms with Gasteiger partial charge in [-0.05, 0) is 94.7 Å². The Balaban J connectivity index is 1.63. The van der Waals surface area contributed by atoms with Gasteiger partial charge in [-0.15, -0.1) is 11.8 Å². The molecular weight excluding hydrogens is 559 g/mol. The smallest absolute Gasteiger partial charge is 0.0226 e. The second-order valence-corrected chi connectivity index (χ2v) is 11.7. The number of hydrogen-bond acceptors (Lipinski definition) is 3. The molecule has 0 aliphatic rings. The summed E-state index contributed by atoms with van der Waals surface area (Å²) in [6, 6.07) is 39.6. The lowest BCUT2D eigenvalue weighted by Gasteiger charge is -2.21. The summed E-state index contributed by atoms with van der Waals surface area (Å²) in [4.78, 5) is 0. The molecule has 0 spiro atoms. The molecule has 0 aliphatic carbocycles. The van der Waals surface area contributed by atoms with Crippen LogP contribution in [0, 0.1) is 0 Å². The van der Waals surface area contributed by atoms with Crippen LogP contribution in [0.1, 0.15) is 22.3 Å². The van der Waals surface area contributed by atoms with Crippen molar-refractivity contribution in [1.29, 1.82) is 0 Å². The van der Waals surface area contributed by atoms with Gasteiger partial charge in [0.1, 0.15) is 0 Å². The molecule has 2 N–H and O–H groups in total. The van der Waals surface area contributed by atoms with Crippen molar-refractivity contribution in [3.05, 3.63) is 156 Å². The van der Waals surface area contributed by atoms with Crippen molar-refractivity contribution in [2.45, 2.75) is 11.5 Å². The van der Waals surface area contributed by atoms with E-state index in [1.54, 1.807) is 18.0 Å². The standard InChI is InChI=1S/C40H33NS2/c1-3-35-36(4-2)40(31-15-11-28(12-16-31)26-43-22-21-41)38-24-34(33-18-17-29-7-5-6-8-32(29)23-33)19-20-37(38)39(35)30-13-9-27(25-42)10-14-30/h3-24,42H,1-2,25-26,41H2/b22-21-. The number of benzene rings is 6. The first-order chi connectivity index (χ1) is 21.1. The van der Waals surface area contributed by atoms with Gasteiger partial charge in [-0.3, -0.25) is 0 Å². The lowest BCUT2D eigenvalue weighted by atomic mass is 9.82. The van der Waals surface area contributed by atoms with Crippen molar-refractivity contribution in [3.8, 4) is 33.4 Å². The van der Waals surface area contributed by atoms with Gasteiger partial charge in [0.15, 0.2) is 0 Å². The van der Waals surface area contributed by atoms with Gasteiger partial charge in [0.05, 0.1) is 0 Å². The monoisotopic (exact) mass is 591 g/mol. The van der Waals surface area contributed by atoms with Crippen LogP contribution in [-0.4, -0.2) is 0 Å². The van der Waals surface area contributed by atoms with Crippen LogP contribution in [0.3, 0.4) is 0 Å². The highest BCUT2D eigenvalue weighted by molar-refractivity contribution is 8.01. The fourth-order valence-electron chi connectivity index (χ4n) is 5.87. The Kier molecular flexibility index (Phi) is 8.55. The van der Waals surface area contributed by atoms with Crippen LogP contribution >= 0.6 is 24.4 Å². The Morgan fingerprint density at radius 3 is 1.79 bits per heavy atom. The number of rotatable bonds is 9. The van der Waals surface area contributed by atoms with Gasteiger partial charge in [0.2, 0.25) is 0 Å². The minimum Gasteiger partial charge on any atom is -0.404 e. The van der Waals surface area contributed by atoms with E-state index >= 15 is 0 Å². The molecule has 6 aromatic carbocycles. The van der Waals surface area contributed by atoms with Crippen LogP contribution in [-0.2, 0) is 11.5 Å². The molecule has 0 heterocycles. The molecule has 0 saturated carbocycles. The molecule has 3 heteroatoms. The van der Waals surface area contributed by atoms with Gasteiger partial charge in [-0.1, -0.05) is 122 Å². The number of thioether (sulfide) groups is 1. The molecular formula is C40H33NS2. The third-order valence-corrected chi connectivity index (χ3v) is 9.19. The lowest BCUT2D eigenvalue weighted by molar-refractivity contribution is 1.42. The van der Waals surface area contributed by atoms with E-state index in [0.29, 0.717) is 5.75 Å². The normalized spacial score (nSPS) is 11.4. The first-order valence-electron chi connectivity index (χ1n) is 14.3. The van der Waals surface area contributed by atoms with Crippen molar-refractivity contribution in [1.82, 2.24) is 0 Å². The van der Waals surface area contributed by atoms with E-state index in [4.69, 9.17) is 5.73 Å². The fourth-order valence-corrected chi connectivity index (χ4v) is 6.67. The molecule has 0 fully saturated rings. The SMILES string of the molecule is C=Cc1c(C=C)c(-c2ccc(CS/C=C\N)cc2)c2cc(-c3ccc4ccccc4c3)ccc2c1-c1ccc(CS)cc1. The molecule has 0 aliphatic heterocycles. The summed E-state index contributed by atoms with van der Waals surface area (Å²) in [7, 11) is 0. The summed E-state index contributed by atoms with van der Waals surface area (Å²) in [5.41, 5.74) is 17.2. The van der Waals surface area contributed by atoms with E-state index < -0.39 is 0 Å². The van der Waals surface area contributed by atoms with Crippen LogP contribution in [0.25, 0.3) is 67.1 Å². The molecule has 1 nitrogen and oxygen atoms in total. The van der Waals surface area contributed by atoms with E-state index in [0.717, 1.165) is 28.0 Å². The van der Waals surface area contributed by atoms with Crippen LogP contribution < -0.4 is 5.73 Å². The average molecular weight is 592 g/mol. The van der Waals surface area contributed by atoms with Gasteiger partial charge in [-0.2, -0.15) is 12.6 Å². The molecule has 6 rings (SSSR count). The van der Waals surface area contributed by atoms with Crippen LogP contribution in [0.4, 0.5) is 0 Å². The first kappa shape index (κ1) is 28.7.